The first-order chi connectivity index (χ1) is 17.3. The van der Waals surface area contributed by atoms with Crippen molar-refractivity contribution in [1.82, 2.24) is 0 Å². The molecule has 0 unspecified atom stereocenters. The van der Waals surface area contributed by atoms with Crippen LogP contribution >= 0.6 is 0 Å². The lowest BCUT2D eigenvalue weighted by Gasteiger charge is -2.19. The molecule has 0 bridgehead atoms. The third-order valence-electron chi connectivity index (χ3n) is 5.31. The zero-order valence-electron chi connectivity index (χ0n) is 18.8. The summed E-state index contributed by atoms with van der Waals surface area (Å²) in [5.74, 6) is -5.36. The van der Waals surface area contributed by atoms with Gasteiger partial charge in [-0.1, -0.05) is 42.0 Å². The molecule has 4 rings (SSSR count). The van der Waals surface area contributed by atoms with Crippen LogP contribution < -0.4 is 9.47 Å². The SMILES string of the molecule is Cc1ccc(-c2cc(F)c(-c3ccc(C(F)(F)Oc4ccc(OC(F)(F)F)c(F)c4)cc3)c(F)c2)cc1. The molecule has 0 spiro atoms. The maximum Gasteiger partial charge on any atom is 0.573 e. The maximum absolute atomic E-state index is 14.8. The molecule has 0 heterocycles. The fraction of sp³-hybridized carbons (Fsp3) is 0.111. The Labute approximate surface area is 205 Å². The summed E-state index contributed by atoms with van der Waals surface area (Å²) in [6.07, 6.45) is -9.22. The third-order valence-corrected chi connectivity index (χ3v) is 5.31. The molecule has 0 radical (unpaired) electrons. The van der Waals surface area contributed by atoms with Crippen LogP contribution in [0, 0.1) is 24.4 Å². The number of benzene rings is 4. The van der Waals surface area contributed by atoms with Gasteiger partial charge in [0.15, 0.2) is 11.6 Å². The minimum atomic E-state index is -5.17. The molecule has 2 nitrogen and oxygen atoms in total. The van der Waals surface area contributed by atoms with Crippen LogP contribution in [0.1, 0.15) is 11.1 Å². The standard InChI is InChI=1S/C27H16F8O2/c1-15-2-4-16(5-3-15)18-12-22(29)25(23(30)13-18)17-6-8-19(9-7-17)26(31,32)36-20-10-11-24(21(28)14-20)37-27(33,34)35/h2-14H,1H3. The molecule has 37 heavy (non-hydrogen) atoms. The minimum Gasteiger partial charge on any atom is -0.429 e. The molecule has 0 atom stereocenters. The van der Waals surface area contributed by atoms with Crippen molar-refractivity contribution in [3.05, 3.63) is 107 Å². The van der Waals surface area contributed by atoms with Gasteiger partial charge in [-0.25, -0.2) is 13.2 Å². The minimum absolute atomic E-state index is 0.0234. The quantitative estimate of drug-likeness (QED) is 0.235. The number of rotatable bonds is 6. The van der Waals surface area contributed by atoms with Crippen LogP contribution in [0.2, 0.25) is 0 Å². The summed E-state index contributed by atoms with van der Waals surface area (Å²) in [6, 6.07) is 14.6. The zero-order chi connectivity index (χ0) is 27.0. The van der Waals surface area contributed by atoms with Crippen LogP contribution in [-0.2, 0) is 6.11 Å². The van der Waals surface area contributed by atoms with E-state index in [1.54, 1.807) is 24.3 Å². The Bertz CT molecular complexity index is 1390. The summed E-state index contributed by atoms with van der Waals surface area (Å²) in [4.78, 5) is 0. The number of hydrogen-bond acceptors (Lipinski definition) is 2. The van der Waals surface area contributed by atoms with Crippen molar-refractivity contribution in [3.8, 4) is 33.8 Å². The molecule has 0 saturated carbocycles. The van der Waals surface area contributed by atoms with Crippen LogP contribution in [0.15, 0.2) is 78.9 Å². The molecule has 4 aromatic carbocycles. The molecule has 0 aromatic heterocycles. The number of aryl methyl sites for hydroxylation is 1. The first-order valence-corrected chi connectivity index (χ1v) is 10.6. The Morgan fingerprint density at radius 2 is 1.14 bits per heavy atom. The molecular formula is C27H16F8O2. The normalized spacial score (nSPS) is 11.9. The van der Waals surface area contributed by atoms with Crippen molar-refractivity contribution in [2.24, 2.45) is 0 Å². The topological polar surface area (TPSA) is 18.5 Å². The summed E-state index contributed by atoms with van der Waals surface area (Å²) in [7, 11) is 0. The van der Waals surface area contributed by atoms with Crippen molar-refractivity contribution in [2.75, 3.05) is 0 Å². The van der Waals surface area contributed by atoms with Crippen molar-refractivity contribution in [3.63, 3.8) is 0 Å². The second kappa shape index (κ2) is 9.76. The number of halogens is 8. The number of ether oxygens (including phenoxy) is 2. The fourth-order valence-corrected chi connectivity index (χ4v) is 3.55. The maximum atomic E-state index is 14.8. The van der Waals surface area contributed by atoms with Gasteiger partial charge in [0.05, 0.1) is 11.1 Å². The first kappa shape index (κ1) is 26.0. The molecule has 10 heteroatoms. The van der Waals surface area contributed by atoms with E-state index in [-0.39, 0.29) is 5.56 Å². The van der Waals surface area contributed by atoms with E-state index < -0.39 is 52.5 Å². The van der Waals surface area contributed by atoms with Gasteiger partial charge in [-0.3, -0.25) is 0 Å². The van der Waals surface area contributed by atoms with E-state index in [2.05, 4.69) is 9.47 Å². The monoisotopic (exact) mass is 524 g/mol. The van der Waals surface area contributed by atoms with E-state index in [0.717, 1.165) is 42.0 Å². The molecule has 4 aromatic rings. The van der Waals surface area contributed by atoms with Gasteiger partial charge >= 0.3 is 12.5 Å². The first-order valence-electron chi connectivity index (χ1n) is 10.6. The van der Waals surface area contributed by atoms with E-state index in [1.807, 2.05) is 6.92 Å². The van der Waals surface area contributed by atoms with E-state index in [1.165, 1.54) is 0 Å². The highest BCUT2D eigenvalue weighted by atomic mass is 19.4. The predicted molar refractivity (Wildman–Crippen MR) is 120 cm³/mol. The highest BCUT2D eigenvalue weighted by molar-refractivity contribution is 5.72. The van der Waals surface area contributed by atoms with Crippen molar-refractivity contribution in [1.29, 1.82) is 0 Å². The molecule has 0 saturated heterocycles. The number of hydrogen-bond donors (Lipinski definition) is 0. The van der Waals surface area contributed by atoms with Crippen LogP contribution in [0.3, 0.4) is 0 Å². The van der Waals surface area contributed by atoms with E-state index >= 15 is 0 Å². The lowest BCUT2D eigenvalue weighted by Crippen LogP contribution is -2.22. The molecule has 0 aliphatic rings. The Balaban J connectivity index is 1.55. The van der Waals surface area contributed by atoms with Gasteiger partial charge in [0, 0.05) is 6.07 Å². The van der Waals surface area contributed by atoms with Gasteiger partial charge in [-0.2, -0.15) is 8.78 Å². The molecular weight excluding hydrogens is 508 g/mol. The molecule has 0 aliphatic heterocycles. The van der Waals surface area contributed by atoms with E-state index in [4.69, 9.17) is 0 Å². The molecule has 192 valence electrons. The molecule has 0 aliphatic carbocycles. The van der Waals surface area contributed by atoms with Crippen LogP contribution in [0.5, 0.6) is 11.5 Å². The molecule has 0 amide bonds. The average Bonchev–Trinajstić information content (AvgIpc) is 2.80. The van der Waals surface area contributed by atoms with Crippen molar-refractivity contribution in [2.45, 2.75) is 19.4 Å². The van der Waals surface area contributed by atoms with Crippen LogP contribution in [0.25, 0.3) is 22.3 Å². The lowest BCUT2D eigenvalue weighted by molar-refractivity contribution is -0.275. The summed E-state index contributed by atoms with van der Waals surface area (Å²) in [5.41, 5.74) is 0.675. The Morgan fingerprint density at radius 1 is 0.568 bits per heavy atom. The number of alkyl halides is 5. The second-order valence-corrected chi connectivity index (χ2v) is 8.02. The summed E-state index contributed by atoms with van der Waals surface area (Å²) in [6.45, 7) is 1.87. The van der Waals surface area contributed by atoms with Gasteiger partial charge < -0.3 is 9.47 Å². The summed E-state index contributed by atoms with van der Waals surface area (Å²) >= 11 is 0. The highest BCUT2D eigenvalue weighted by Gasteiger charge is 2.36. The van der Waals surface area contributed by atoms with Gasteiger partial charge in [0.25, 0.3) is 0 Å². The van der Waals surface area contributed by atoms with Crippen LogP contribution in [0.4, 0.5) is 35.1 Å². The smallest absolute Gasteiger partial charge is 0.429 e. The molecule has 0 N–H and O–H groups in total. The molecule has 0 fully saturated rings. The van der Waals surface area contributed by atoms with Gasteiger partial charge in [-0.15, -0.1) is 13.2 Å². The van der Waals surface area contributed by atoms with Crippen molar-refractivity contribution >= 4 is 0 Å². The van der Waals surface area contributed by atoms with Gasteiger partial charge in [0.1, 0.15) is 17.4 Å². The lowest BCUT2D eigenvalue weighted by atomic mass is 9.97. The Kier molecular flexibility index (Phi) is 6.86. The van der Waals surface area contributed by atoms with E-state index in [9.17, 15) is 35.1 Å². The van der Waals surface area contributed by atoms with Gasteiger partial charge in [-0.05, 0) is 60.0 Å². The third kappa shape index (κ3) is 6.02. The fourth-order valence-electron chi connectivity index (χ4n) is 3.55. The van der Waals surface area contributed by atoms with Gasteiger partial charge in [0.2, 0.25) is 0 Å². The Hall–Kier alpha value is -4.08. The summed E-state index contributed by atoms with van der Waals surface area (Å²) < 4.78 is 117. The van der Waals surface area contributed by atoms with Crippen molar-refractivity contribution < 1.29 is 44.6 Å². The predicted octanol–water partition coefficient (Wildman–Crippen LogP) is 8.77. The largest absolute Gasteiger partial charge is 0.573 e. The zero-order valence-corrected chi connectivity index (χ0v) is 18.8. The van der Waals surface area contributed by atoms with Crippen LogP contribution in [-0.4, -0.2) is 6.36 Å². The summed E-state index contributed by atoms with van der Waals surface area (Å²) in [5, 5.41) is 0. The Morgan fingerprint density at radius 3 is 1.68 bits per heavy atom. The highest BCUT2D eigenvalue weighted by Crippen LogP contribution is 2.37. The van der Waals surface area contributed by atoms with E-state index in [0.29, 0.717) is 29.3 Å². The average molecular weight is 524 g/mol. The second-order valence-electron chi connectivity index (χ2n) is 8.02.